The van der Waals surface area contributed by atoms with E-state index in [0.717, 1.165) is 35.5 Å². The summed E-state index contributed by atoms with van der Waals surface area (Å²) >= 11 is 0. The fourth-order valence-corrected chi connectivity index (χ4v) is 2.43. The molecule has 11 heteroatoms. The van der Waals surface area contributed by atoms with Crippen LogP contribution < -0.4 is 10.1 Å². The van der Waals surface area contributed by atoms with Crippen LogP contribution in [0.3, 0.4) is 0 Å². The SMILES string of the molecule is CCN(C[C@]1(O)CC1(F)F)C(=O)Nc1cnc(Oc2cc(F)ccc2F)cn1. The zero-order valence-electron chi connectivity index (χ0n) is 14.6. The minimum Gasteiger partial charge on any atom is -0.434 e. The molecule has 0 bridgehead atoms. The summed E-state index contributed by atoms with van der Waals surface area (Å²) in [7, 11) is 0. The number of benzene rings is 1. The van der Waals surface area contributed by atoms with Crippen molar-refractivity contribution in [3.63, 3.8) is 0 Å². The van der Waals surface area contributed by atoms with Crippen molar-refractivity contribution in [2.24, 2.45) is 0 Å². The van der Waals surface area contributed by atoms with Crippen LogP contribution in [0.1, 0.15) is 13.3 Å². The lowest BCUT2D eigenvalue weighted by Crippen LogP contribution is -2.43. The van der Waals surface area contributed by atoms with Crippen molar-refractivity contribution < 1.29 is 32.2 Å². The first kappa shape index (κ1) is 19.8. The largest absolute Gasteiger partial charge is 0.434 e. The third kappa shape index (κ3) is 4.14. The van der Waals surface area contributed by atoms with E-state index in [-0.39, 0.29) is 24.0 Å². The second-order valence-electron chi connectivity index (χ2n) is 6.27. The van der Waals surface area contributed by atoms with E-state index >= 15 is 0 Å². The van der Waals surface area contributed by atoms with E-state index in [1.165, 1.54) is 0 Å². The lowest BCUT2D eigenvalue weighted by molar-refractivity contribution is -0.0162. The van der Waals surface area contributed by atoms with Crippen LogP contribution in [0.5, 0.6) is 11.6 Å². The van der Waals surface area contributed by atoms with Crippen LogP contribution >= 0.6 is 0 Å². The lowest BCUT2D eigenvalue weighted by Gasteiger charge is -2.24. The van der Waals surface area contributed by atoms with Crippen LogP contribution in [0.25, 0.3) is 0 Å². The highest BCUT2D eigenvalue weighted by molar-refractivity contribution is 5.88. The molecule has 150 valence electrons. The number of rotatable bonds is 6. The zero-order chi connectivity index (χ0) is 20.5. The van der Waals surface area contributed by atoms with Gasteiger partial charge in [-0.2, -0.15) is 0 Å². The first-order valence-electron chi connectivity index (χ1n) is 8.24. The highest BCUT2D eigenvalue weighted by atomic mass is 19.3. The Morgan fingerprint density at radius 1 is 1.32 bits per heavy atom. The summed E-state index contributed by atoms with van der Waals surface area (Å²) in [5.41, 5.74) is -2.22. The molecule has 3 rings (SSSR count). The fourth-order valence-electron chi connectivity index (χ4n) is 2.43. The molecule has 1 heterocycles. The summed E-state index contributed by atoms with van der Waals surface area (Å²) in [6.45, 7) is 1.12. The monoisotopic (exact) mass is 400 g/mol. The predicted molar refractivity (Wildman–Crippen MR) is 89.2 cm³/mol. The number of urea groups is 1. The molecule has 1 aliphatic carbocycles. The Labute approximate surface area is 157 Å². The number of likely N-dealkylation sites (N-methyl/N-ethyl adjacent to an activating group) is 1. The van der Waals surface area contributed by atoms with Crippen molar-refractivity contribution in [2.45, 2.75) is 24.9 Å². The minimum atomic E-state index is -3.22. The maximum atomic E-state index is 13.6. The van der Waals surface area contributed by atoms with Crippen molar-refractivity contribution >= 4 is 11.8 Å². The Balaban J connectivity index is 1.61. The fraction of sp³-hybridized carbons (Fsp3) is 0.353. The summed E-state index contributed by atoms with van der Waals surface area (Å²) in [6, 6.07) is 1.91. The summed E-state index contributed by atoms with van der Waals surface area (Å²) in [5.74, 6) is -5.27. The number of alkyl halides is 2. The number of carbonyl (C=O) groups excluding carboxylic acids is 1. The van der Waals surface area contributed by atoms with Crippen LogP contribution in [-0.4, -0.2) is 50.6 Å². The van der Waals surface area contributed by atoms with Gasteiger partial charge in [-0.15, -0.1) is 0 Å². The molecule has 2 aromatic rings. The zero-order valence-corrected chi connectivity index (χ0v) is 14.6. The Kier molecular flexibility index (Phi) is 5.11. The average molecular weight is 400 g/mol. The maximum Gasteiger partial charge on any atom is 0.323 e. The second-order valence-corrected chi connectivity index (χ2v) is 6.27. The van der Waals surface area contributed by atoms with E-state index in [0.29, 0.717) is 0 Å². The molecule has 28 heavy (non-hydrogen) atoms. The second kappa shape index (κ2) is 7.23. The van der Waals surface area contributed by atoms with Gasteiger partial charge in [0.05, 0.1) is 25.4 Å². The van der Waals surface area contributed by atoms with Gasteiger partial charge >= 0.3 is 6.03 Å². The number of carbonyl (C=O) groups is 1. The quantitative estimate of drug-likeness (QED) is 0.728. The molecule has 0 unspecified atom stereocenters. The molecule has 0 aliphatic heterocycles. The molecule has 1 aliphatic rings. The van der Waals surface area contributed by atoms with Crippen molar-refractivity contribution in [1.82, 2.24) is 14.9 Å². The first-order chi connectivity index (χ1) is 13.1. The number of nitrogens with zero attached hydrogens (tertiary/aromatic N) is 3. The molecule has 2 N–H and O–H groups in total. The van der Waals surface area contributed by atoms with E-state index < -0.39 is 42.2 Å². The van der Waals surface area contributed by atoms with Gasteiger partial charge in [0.25, 0.3) is 5.92 Å². The Morgan fingerprint density at radius 2 is 2.04 bits per heavy atom. The molecule has 0 spiro atoms. The van der Waals surface area contributed by atoms with Crippen molar-refractivity contribution in [3.05, 3.63) is 42.2 Å². The average Bonchev–Trinajstić information content (AvgIpc) is 3.15. The predicted octanol–water partition coefficient (Wildman–Crippen LogP) is 3.17. The van der Waals surface area contributed by atoms with Crippen LogP contribution in [0.2, 0.25) is 0 Å². The smallest absolute Gasteiger partial charge is 0.323 e. The molecule has 0 saturated heterocycles. The number of aliphatic hydroxyl groups is 1. The highest BCUT2D eigenvalue weighted by Gasteiger charge is 2.71. The van der Waals surface area contributed by atoms with Crippen LogP contribution in [0.4, 0.5) is 28.2 Å². The summed E-state index contributed by atoms with van der Waals surface area (Å²) in [6.07, 6.45) is 1.46. The van der Waals surface area contributed by atoms with Gasteiger partial charge in [0, 0.05) is 12.6 Å². The molecule has 1 atom stereocenters. The maximum absolute atomic E-state index is 13.6. The summed E-state index contributed by atoms with van der Waals surface area (Å²) < 4.78 is 58.1. The number of hydrogen-bond acceptors (Lipinski definition) is 5. The Hall–Kier alpha value is -2.95. The molecule has 7 nitrogen and oxygen atoms in total. The third-order valence-electron chi connectivity index (χ3n) is 4.16. The molecular formula is C17H16F4N4O3. The highest BCUT2D eigenvalue weighted by Crippen LogP contribution is 2.52. The number of nitrogens with one attached hydrogen (secondary N) is 1. The van der Waals surface area contributed by atoms with Gasteiger partial charge in [-0.1, -0.05) is 0 Å². The number of amides is 2. The van der Waals surface area contributed by atoms with Crippen molar-refractivity contribution in [3.8, 4) is 11.6 Å². The van der Waals surface area contributed by atoms with Crippen molar-refractivity contribution in [1.29, 1.82) is 0 Å². The molecule has 1 aromatic carbocycles. The first-order valence-corrected chi connectivity index (χ1v) is 8.24. The van der Waals surface area contributed by atoms with Crippen molar-refractivity contribution in [2.75, 3.05) is 18.4 Å². The Morgan fingerprint density at radius 3 is 2.61 bits per heavy atom. The van der Waals surface area contributed by atoms with E-state index in [1.807, 2.05) is 0 Å². The van der Waals surface area contributed by atoms with Crippen LogP contribution in [0, 0.1) is 11.6 Å². The lowest BCUT2D eigenvalue weighted by atomic mass is 10.3. The van der Waals surface area contributed by atoms with E-state index in [9.17, 15) is 27.5 Å². The minimum absolute atomic E-state index is 0.0231. The number of ether oxygens (including phenoxy) is 1. The van der Waals surface area contributed by atoms with Gasteiger partial charge in [-0.3, -0.25) is 5.32 Å². The number of hydrogen-bond donors (Lipinski definition) is 2. The van der Waals surface area contributed by atoms with E-state index in [1.54, 1.807) is 6.92 Å². The van der Waals surface area contributed by atoms with Gasteiger partial charge in [0.1, 0.15) is 5.82 Å². The molecular weight excluding hydrogens is 384 g/mol. The van der Waals surface area contributed by atoms with Gasteiger partial charge in [-0.05, 0) is 19.1 Å². The molecule has 1 aromatic heterocycles. The number of aromatic nitrogens is 2. The van der Waals surface area contributed by atoms with Gasteiger partial charge < -0.3 is 14.7 Å². The van der Waals surface area contributed by atoms with E-state index in [4.69, 9.17) is 4.74 Å². The molecule has 1 saturated carbocycles. The van der Waals surface area contributed by atoms with E-state index in [2.05, 4.69) is 15.3 Å². The van der Waals surface area contributed by atoms with Gasteiger partial charge in [0.15, 0.2) is 23.0 Å². The Bertz CT molecular complexity index is 881. The normalized spacial score (nSPS) is 19.8. The molecule has 1 fully saturated rings. The topological polar surface area (TPSA) is 87.6 Å². The standard InChI is InChI=1S/C17H16F4N4O3/c1-2-25(9-16(27)8-17(16,20)21)15(26)24-13-6-23-14(7-22-13)28-12-5-10(18)3-4-11(12)19/h3-7,27H,2,8-9H2,1H3,(H,22,24,26)/t16-/m1/s1. The molecule has 0 radical (unpaired) electrons. The summed E-state index contributed by atoms with van der Waals surface area (Å²) in [4.78, 5) is 20.9. The van der Waals surface area contributed by atoms with Gasteiger partial charge in [0.2, 0.25) is 5.88 Å². The summed E-state index contributed by atoms with van der Waals surface area (Å²) in [5, 5.41) is 12.1. The van der Waals surface area contributed by atoms with Crippen LogP contribution in [0.15, 0.2) is 30.6 Å². The third-order valence-corrected chi connectivity index (χ3v) is 4.16. The number of anilines is 1. The van der Waals surface area contributed by atoms with Gasteiger partial charge in [-0.25, -0.2) is 32.3 Å². The molecule has 2 amide bonds. The number of halogens is 4. The van der Waals surface area contributed by atoms with Crippen LogP contribution in [-0.2, 0) is 0 Å².